The topological polar surface area (TPSA) is 87.7 Å². The summed E-state index contributed by atoms with van der Waals surface area (Å²) in [7, 11) is 0. The number of alkyl halides is 2. The van der Waals surface area contributed by atoms with Crippen LogP contribution in [0.3, 0.4) is 0 Å². The standard InChI is InChI=1S/C20H22F2N6O/c1-3-12(10-29)25-20-23-9-17-13(6-7-28(17)27-20)15-4-5-16-19(26-15)14(8-18(21)22)11(2)24-16/h4-7,9,12,14,18,29H,3,8,10H2,1-2H3,(H,25,27)/t12-,14?/m1/s1. The third kappa shape index (κ3) is 3.69. The van der Waals surface area contributed by atoms with Crippen molar-refractivity contribution in [1.29, 1.82) is 0 Å². The molecule has 7 nitrogen and oxygen atoms in total. The highest BCUT2D eigenvalue weighted by Crippen LogP contribution is 2.39. The number of aliphatic imine (C=N–C) groups is 1. The summed E-state index contributed by atoms with van der Waals surface area (Å²) in [6, 6.07) is 5.41. The van der Waals surface area contributed by atoms with Crippen LogP contribution >= 0.6 is 0 Å². The van der Waals surface area contributed by atoms with Crippen molar-refractivity contribution >= 4 is 22.9 Å². The van der Waals surface area contributed by atoms with Gasteiger partial charge in [-0.1, -0.05) is 6.92 Å². The predicted octanol–water partition coefficient (Wildman–Crippen LogP) is 3.82. The fraction of sp³-hybridized carbons (Fsp3) is 0.400. The molecule has 29 heavy (non-hydrogen) atoms. The highest BCUT2D eigenvalue weighted by Gasteiger charge is 2.29. The first-order valence-electron chi connectivity index (χ1n) is 9.56. The number of hydrogen-bond acceptors (Lipinski definition) is 6. The van der Waals surface area contributed by atoms with Gasteiger partial charge in [-0.25, -0.2) is 23.3 Å². The highest BCUT2D eigenvalue weighted by molar-refractivity contribution is 5.96. The Balaban J connectivity index is 1.67. The van der Waals surface area contributed by atoms with Gasteiger partial charge in [-0.05, 0) is 31.5 Å². The van der Waals surface area contributed by atoms with Crippen molar-refractivity contribution < 1.29 is 13.9 Å². The Bertz CT molecular complexity index is 1060. The molecular weight excluding hydrogens is 378 g/mol. The Morgan fingerprint density at radius 1 is 1.28 bits per heavy atom. The van der Waals surface area contributed by atoms with Crippen LogP contribution in [0.5, 0.6) is 0 Å². The van der Waals surface area contributed by atoms with Crippen LogP contribution in [-0.4, -0.2) is 49.5 Å². The molecule has 9 heteroatoms. The van der Waals surface area contributed by atoms with Crippen LogP contribution < -0.4 is 5.32 Å². The predicted molar refractivity (Wildman–Crippen MR) is 107 cm³/mol. The molecule has 0 aromatic carbocycles. The Hall–Kier alpha value is -2.94. The SMILES string of the molecule is CC[C@H](CO)Nc1ncc2c(-c3ccc4c(n3)C(CC(F)F)C(C)=N4)ccn2n1. The number of aromatic nitrogens is 4. The molecule has 0 fully saturated rings. The van der Waals surface area contributed by atoms with Crippen molar-refractivity contribution in [3.8, 4) is 11.3 Å². The summed E-state index contributed by atoms with van der Waals surface area (Å²) in [5.74, 6) is -0.0428. The Morgan fingerprint density at radius 2 is 2.10 bits per heavy atom. The van der Waals surface area contributed by atoms with E-state index >= 15 is 0 Å². The van der Waals surface area contributed by atoms with Crippen molar-refractivity contribution in [2.75, 3.05) is 11.9 Å². The van der Waals surface area contributed by atoms with E-state index < -0.39 is 12.3 Å². The van der Waals surface area contributed by atoms with E-state index in [1.807, 2.05) is 25.1 Å². The van der Waals surface area contributed by atoms with Crippen LogP contribution in [0.15, 0.2) is 35.6 Å². The van der Waals surface area contributed by atoms with E-state index in [9.17, 15) is 13.9 Å². The maximum absolute atomic E-state index is 13.0. The van der Waals surface area contributed by atoms with Crippen molar-refractivity contribution in [3.05, 3.63) is 36.3 Å². The molecule has 4 rings (SSSR count). The normalized spacial score (nSPS) is 16.9. The van der Waals surface area contributed by atoms with Crippen molar-refractivity contribution in [3.63, 3.8) is 0 Å². The molecule has 0 aliphatic carbocycles. The molecule has 0 bridgehead atoms. The lowest BCUT2D eigenvalue weighted by Gasteiger charge is -2.13. The number of fused-ring (bicyclic) bond motifs is 2. The quantitative estimate of drug-likeness (QED) is 0.630. The van der Waals surface area contributed by atoms with Crippen LogP contribution in [0, 0.1) is 0 Å². The minimum absolute atomic E-state index is 0.00482. The molecule has 4 heterocycles. The third-order valence-corrected chi connectivity index (χ3v) is 5.19. The molecule has 0 radical (unpaired) electrons. The van der Waals surface area contributed by atoms with Gasteiger partial charge in [0.15, 0.2) is 0 Å². The number of aliphatic hydroxyl groups excluding tert-OH is 1. The Morgan fingerprint density at radius 3 is 2.83 bits per heavy atom. The smallest absolute Gasteiger partial charge is 0.241 e. The molecule has 0 amide bonds. The first kappa shape index (κ1) is 19.4. The highest BCUT2D eigenvalue weighted by atomic mass is 19.3. The van der Waals surface area contributed by atoms with Gasteiger partial charge < -0.3 is 10.4 Å². The van der Waals surface area contributed by atoms with Crippen LogP contribution in [0.2, 0.25) is 0 Å². The monoisotopic (exact) mass is 400 g/mol. The first-order valence-corrected chi connectivity index (χ1v) is 9.56. The molecule has 1 unspecified atom stereocenters. The molecule has 152 valence electrons. The average molecular weight is 400 g/mol. The number of nitrogens with zero attached hydrogens (tertiary/aromatic N) is 5. The molecule has 2 N–H and O–H groups in total. The second kappa shape index (κ2) is 7.82. The molecule has 0 saturated carbocycles. The molecule has 3 aromatic rings. The summed E-state index contributed by atoms with van der Waals surface area (Å²) >= 11 is 0. The number of halogens is 2. The summed E-state index contributed by atoms with van der Waals surface area (Å²) in [5.41, 5.74) is 4.14. The van der Waals surface area contributed by atoms with Crippen molar-refractivity contribution in [2.24, 2.45) is 4.99 Å². The summed E-state index contributed by atoms with van der Waals surface area (Å²) in [6.07, 6.45) is 1.53. The van der Waals surface area contributed by atoms with Gasteiger partial charge in [0.1, 0.15) is 0 Å². The van der Waals surface area contributed by atoms with E-state index in [0.717, 1.165) is 17.5 Å². The van der Waals surface area contributed by atoms with E-state index in [-0.39, 0.29) is 19.1 Å². The largest absolute Gasteiger partial charge is 0.394 e. The number of hydrogen-bond donors (Lipinski definition) is 2. The zero-order chi connectivity index (χ0) is 20.5. The van der Waals surface area contributed by atoms with Gasteiger partial charge in [0.2, 0.25) is 12.4 Å². The van der Waals surface area contributed by atoms with Gasteiger partial charge in [-0.2, -0.15) is 0 Å². The maximum atomic E-state index is 13.0. The van der Waals surface area contributed by atoms with Gasteiger partial charge in [0.25, 0.3) is 0 Å². The van der Waals surface area contributed by atoms with E-state index in [1.54, 1.807) is 23.8 Å². The molecule has 0 saturated heterocycles. The lowest BCUT2D eigenvalue weighted by Crippen LogP contribution is -2.24. The zero-order valence-corrected chi connectivity index (χ0v) is 16.2. The number of rotatable bonds is 7. The maximum Gasteiger partial charge on any atom is 0.241 e. The lowest BCUT2D eigenvalue weighted by molar-refractivity contribution is 0.135. The van der Waals surface area contributed by atoms with E-state index in [2.05, 4.69) is 25.4 Å². The molecule has 0 spiro atoms. The average Bonchev–Trinajstić information content (AvgIpc) is 3.26. The molecular formula is C20H22F2N6O. The number of aliphatic hydroxyl groups is 1. The van der Waals surface area contributed by atoms with Gasteiger partial charge in [-0.15, -0.1) is 5.10 Å². The van der Waals surface area contributed by atoms with Gasteiger partial charge in [0, 0.05) is 29.8 Å². The third-order valence-electron chi connectivity index (χ3n) is 5.19. The lowest BCUT2D eigenvalue weighted by atomic mass is 9.97. The van der Waals surface area contributed by atoms with Gasteiger partial charge in [0.05, 0.1) is 41.4 Å². The van der Waals surface area contributed by atoms with E-state index in [4.69, 9.17) is 0 Å². The number of nitrogens with one attached hydrogen (secondary N) is 1. The number of anilines is 1. The van der Waals surface area contributed by atoms with E-state index in [0.29, 0.717) is 28.7 Å². The minimum atomic E-state index is -2.41. The second-order valence-corrected chi connectivity index (χ2v) is 7.11. The summed E-state index contributed by atoms with van der Waals surface area (Å²) in [4.78, 5) is 13.4. The summed E-state index contributed by atoms with van der Waals surface area (Å²) in [5, 5.41) is 16.9. The Labute approximate surface area is 166 Å². The zero-order valence-electron chi connectivity index (χ0n) is 16.2. The van der Waals surface area contributed by atoms with Crippen molar-refractivity contribution in [2.45, 2.75) is 45.1 Å². The molecule has 1 aliphatic heterocycles. The van der Waals surface area contributed by atoms with Gasteiger partial charge in [-0.3, -0.25) is 4.99 Å². The molecule has 3 aromatic heterocycles. The van der Waals surface area contributed by atoms with Crippen LogP contribution in [0.4, 0.5) is 20.4 Å². The first-order chi connectivity index (χ1) is 14.0. The van der Waals surface area contributed by atoms with Crippen LogP contribution in [-0.2, 0) is 0 Å². The van der Waals surface area contributed by atoms with E-state index in [1.165, 1.54) is 0 Å². The number of pyridine rings is 1. The van der Waals surface area contributed by atoms with Crippen molar-refractivity contribution in [1.82, 2.24) is 19.6 Å². The minimum Gasteiger partial charge on any atom is -0.394 e. The van der Waals surface area contributed by atoms with Crippen LogP contribution in [0.25, 0.3) is 16.8 Å². The summed E-state index contributed by atoms with van der Waals surface area (Å²) in [6.45, 7) is 3.72. The van der Waals surface area contributed by atoms with Crippen LogP contribution in [0.1, 0.15) is 38.3 Å². The Kier molecular flexibility index (Phi) is 5.23. The fourth-order valence-corrected chi connectivity index (χ4v) is 3.54. The fourth-order valence-electron chi connectivity index (χ4n) is 3.54. The second-order valence-electron chi connectivity index (χ2n) is 7.11. The molecule has 1 aliphatic rings. The van der Waals surface area contributed by atoms with Gasteiger partial charge >= 0.3 is 0 Å². The summed E-state index contributed by atoms with van der Waals surface area (Å²) < 4.78 is 27.7. The molecule has 2 atom stereocenters.